The predicted molar refractivity (Wildman–Crippen MR) is 114 cm³/mol. The molecule has 0 atom stereocenters. The summed E-state index contributed by atoms with van der Waals surface area (Å²) in [6, 6.07) is 17.8. The third-order valence-electron chi connectivity index (χ3n) is 4.61. The number of nitrogens with zero attached hydrogens (tertiary/aromatic N) is 5. The van der Waals surface area contributed by atoms with Crippen LogP contribution in [0.25, 0.3) is 0 Å². The normalized spacial score (nSPS) is 13.1. The lowest BCUT2D eigenvalue weighted by molar-refractivity contribution is -0.137. The maximum Gasteiger partial charge on any atom is 0.441 e. The molecule has 1 aromatic heterocycles. The molecule has 0 spiro atoms. The molecule has 3 aromatic rings. The Hall–Kier alpha value is -4.41. The molecule has 11 heteroatoms. The highest BCUT2D eigenvalue weighted by atomic mass is 19.4. The maximum atomic E-state index is 12.6. The molecule has 0 aliphatic carbocycles. The Balaban J connectivity index is 1.26. The monoisotopic (exact) mass is 469 g/mol. The lowest BCUT2D eigenvalue weighted by Crippen LogP contribution is -2.28. The fraction of sp³-hybridized carbons (Fsp3) is 0.130. The summed E-state index contributed by atoms with van der Waals surface area (Å²) in [4.78, 5) is 15.9. The largest absolute Gasteiger partial charge is 0.441 e. The van der Waals surface area contributed by atoms with E-state index in [4.69, 9.17) is 9.47 Å². The summed E-state index contributed by atoms with van der Waals surface area (Å²) in [5, 5.41) is 10.4. The number of pyridine rings is 1. The molecule has 0 fully saturated rings. The number of carbonyl (C=O) groups is 1. The van der Waals surface area contributed by atoms with Gasteiger partial charge < -0.3 is 9.47 Å². The van der Waals surface area contributed by atoms with E-state index in [-0.39, 0.29) is 11.6 Å². The number of rotatable bonds is 6. The molecule has 2 aromatic carbocycles. The van der Waals surface area contributed by atoms with Crippen LogP contribution in [0.1, 0.15) is 11.1 Å². The van der Waals surface area contributed by atoms with Crippen molar-refractivity contribution in [1.82, 2.24) is 15.0 Å². The van der Waals surface area contributed by atoms with E-state index in [1.54, 1.807) is 11.2 Å². The summed E-state index contributed by atoms with van der Waals surface area (Å²) in [6.07, 6.45) is -0.722. The molecule has 4 rings (SSSR count). The number of ether oxygens (including phenoxy) is 2. The second kappa shape index (κ2) is 10.0. The van der Waals surface area contributed by atoms with Gasteiger partial charge in [-0.2, -0.15) is 18.2 Å². The van der Waals surface area contributed by atoms with E-state index in [0.29, 0.717) is 18.5 Å². The molecule has 0 unspecified atom stereocenters. The van der Waals surface area contributed by atoms with Crippen LogP contribution >= 0.6 is 0 Å². The van der Waals surface area contributed by atoms with E-state index in [1.807, 2.05) is 30.3 Å². The predicted octanol–water partition coefficient (Wildman–Crippen LogP) is 6.01. The van der Waals surface area contributed by atoms with Crippen molar-refractivity contribution in [3.05, 3.63) is 96.5 Å². The highest BCUT2D eigenvalue weighted by Gasteiger charge is 2.30. The molecule has 1 aliphatic rings. The summed E-state index contributed by atoms with van der Waals surface area (Å²) < 4.78 is 48.5. The minimum absolute atomic E-state index is 0.00608. The van der Waals surface area contributed by atoms with E-state index in [9.17, 15) is 18.0 Å². The zero-order valence-electron chi connectivity index (χ0n) is 17.6. The fourth-order valence-electron chi connectivity index (χ4n) is 2.85. The fourth-order valence-corrected chi connectivity index (χ4v) is 2.85. The minimum Gasteiger partial charge on any atom is -0.439 e. The Labute approximate surface area is 192 Å². The van der Waals surface area contributed by atoms with Crippen LogP contribution in [0.5, 0.6) is 17.4 Å². The van der Waals surface area contributed by atoms with Gasteiger partial charge in [-0.15, -0.1) is 0 Å². The number of alkyl halides is 3. The van der Waals surface area contributed by atoms with Gasteiger partial charge in [0, 0.05) is 25.0 Å². The van der Waals surface area contributed by atoms with Crippen LogP contribution in [0.2, 0.25) is 0 Å². The standard InChI is InChI=1S/C23H18F3N5O3/c24-23(25,26)18-6-11-21(27-16-18)33-19-7-9-20(10-8-19)34-22(32)31-15-14-30(28-29-31)13-12-17-4-2-1-3-5-17/h1-11,14-16H,12-13H2. The molecular formula is C23H18F3N5O3. The molecule has 34 heavy (non-hydrogen) atoms. The van der Waals surface area contributed by atoms with Gasteiger partial charge in [0.25, 0.3) is 0 Å². The Morgan fingerprint density at radius 3 is 2.24 bits per heavy atom. The van der Waals surface area contributed by atoms with Gasteiger partial charge in [0.2, 0.25) is 5.88 Å². The van der Waals surface area contributed by atoms with Gasteiger partial charge in [-0.1, -0.05) is 30.3 Å². The van der Waals surface area contributed by atoms with Gasteiger partial charge in [0.1, 0.15) is 11.5 Å². The number of halogens is 3. The molecule has 0 saturated carbocycles. The molecule has 0 saturated heterocycles. The van der Waals surface area contributed by atoms with E-state index in [0.717, 1.165) is 29.1 Å². The smallest absolute Gasteiger partial charge is 0.439 e. The van der Waals surface area contributed by atoms with Crippen molar-refractivity contribution in [2.24, 2.45) is 10.4 Å². The zero-order valence-corrected chi connectivity index (χ0v) is 17.6. The maximum absolute atomic E-state index is 12.6. The molecule has 2 heterocycles. The van der Waals surface area contributed by atoms with Crippen molar-refractivity contribution in [1.29, 1.82) is 0 Å². The molecule has 1 aliphatic heterocycles. The summed E-state index contributed by atoms with van der Waals surface area (Å²) in [5.41, 5.74) is 0.291. The second-order valence-electron chi connectivity index (χ2n) is 7.04. The quantitative estimate of drug-likeness (QED) is 0.442. The molecular weight excluding hydrogens is 451 g/mol. The van der Waals surface area contributed by atoms with Gasteiger partial charge in [-0.05, 0) is 52.8 Å². The second-order valence-corrected chi connectivity index (χ2v) is 7.04. The van der Waals surface area contributed by atoms with E-state index >= 15 is 0 Å². The van der Waals surface area contributed by atoms with Gasteiger partial charge in [-0.25, -0.2) is 9.78 Å². The Morgan fingerprint density at radius 2 is 1.62 bits per heavy atom. The highest BCUT2D eigenvalue weighted by molar-refractivity contribution is 5.71. The number of hydrogen-bond acceptors (Lipinski definition) is 7. The van der Waals surface area contributed by atoms with Gasteiger partial charge in [0.15, 0.2) is 0 Å². The van der Waals surface area contributed by atoms with Crippen LogP contribution in [0.3, 0.4) is 0 Å². The van der Waals surface area contributed by atoms with Crippen LogP contribution in [-0.4, -0.2) is 27.6 Å². The zero-order chi connectivity index (χ0) is 24.0. The average molecular weight is 469 g/mol. The first-order valence-corrected chi connectivity index (χ1v) is 10.1. The van der Waals surface area contributed by atoms with Crippen molar-refractivity contribution in [3.8, 4) is 17.4 Å². The van der Waals surface area contributed by atoms with E-state index < -0.39 is 17.8 Å². The van der Waals surface area contributed by atoms with Crippen LogP contribution in [0.4, 0.5) is 18.0 Å². The van der Waals surface area contributed by atoms with E-state index in [2.05, 4.69) is 15.4 Å². The summed E-state index contributed by atoms with van der Waals surface area (Å²) >= 11 is 0. The van der Waals surface area contributed by atoms with Gasteiger partial charge in [-0.3, -0.25) is 5.01 Å². The van der Waals surface area contributed by atoms with Crippen LogP contribution in [0, 0.1) is 0 Å². The van der Waals surface area contributed by atoms with E-state index in [1.165, 1.54) is 30.5 Å². The highest BCUT2D eigenvalue weighted by Crippen LogP contribution is 2.30. The third kappa shape index (κ3) is 6.09. The number of aromatic nitrogens is 1. The minimum atomic E-state index is -4.47. The summed E-state index contributed by atoms with van der Waals surface area (Å²) in [5.74, 6) is 0.514. The average Bonchev–Trinajstić information content (AvgIpc) is 2.85. The molecule has 1 amide bonds. The van der Waals surface area contributed by atoms with Crippen LogP contribution < -0.4 is 9.47 Å². The Bertz CT molecular complexity index is 1150. The summed E-state index contributed by atoms with van der Waals surface area (Å²) in [6.45, 7) is 0.599. The first-order chi connectivity index (χ1) is 16.4. The third-order valence-corrected chi connectivity index (χ3v) is 4.61. The molecule has 174 valence electrons. The Kier molecular flexibility index (Phi) is 6.72. The van der Waals surface area contributed by atoms with Gasteiger partial charge >= 0.3 is 12.3 Å². The molecule has 8 nitrogen and oxygen atoms in total. The first kappa shape index (κ1) is 22.8. The van der Waals surface area contributed by atoms with Gasteiger partial charge in [0.05, 0.1) is 11.8 Å². The topological polar surface area (TPSA) is 79.6 Å². The number of carbonyl (C=O) groups excluding carboxylic acids is 1. The number of amides is 1. The molecule has 0 bridgehead atoms. The van der Waals surface area contributed by atoms with Crippen molar-refractivity contribution >= 4 is 6.09 Å². The van der Waals surface area contributed by atoms with Crippen molar-refractivity contribution in [3.63, 3.8) is 0 Å². The van der Waals surface area contributed by atoms with Crippen LogP contribution in [-0.2, 0) is 12.6 Å². The molecule has 0 radical (unpaired) electrons. The first-order valence-electron chi connectivity index (χ1n) is 10.1. The SMILES string of the molecule is O=C(Oc1ccc(Oc2ccc(C(F)(F)F)cn2)cc1)N1C=CN(CCc2ccccc2)N=N1. The number of hydrogen-bond donors (Lipinski definition) is 0. The molecule has 0 N–H and O–H groups in total. The van der Waals surface area contributed by atoms with Crippen LogP contribution in [0.15, 0.2) is 95.8 Å². The lowest BCUT2D eigenvalue weighted by Gasteiger charge is -2.20. The van der Waals surface area contributed by atoms with Crippen molar-refractivity contribution in [2.45, 2.75) is 12.6 Å². The Morgan fingerprint density at radius 1 is 0.882 bits per heavy atom. The number of benzene rings is 2. The lowest BCUT2D eigenvalue weighted by atomic mass is 10.1. The summed E-state index contributed by atoms with van der Waals surface area (Å²) in [7, 11) is 0. The van der Waals surface area contributed by atoms with Crippen molar-refractivity contribution in [2.75, 3.05) is 6.54 Å². The van der Waals surface area contributed by atoms with Crippen molar-refractivity contribution < 1.29 is 27.4 Å².